The molecule has 0 aliphatic rings. The van der Waals surface area contributed by atoms with Crippen LogP contribution in [0.2, 0.25) is 0 Å². The zero-order valence-electron chi connectivity index (χ0n) is 12.7. The normalized spacial score (nSPS) is 12.8. The van der Waals surface area contributed by atoms with E-state index < -0.39 is 0 Å². The molecule has 1 heterocycles. The molecule has 1 unspecified atom stereocenters. The fraction of sp³-hybridized carbons (Fsp3) is 0.867. The fourth-order valence-electron chi connectivity index (χ4n) is 2.15. The van der Waals surface area contributed by atoms with Crippen LogP contribution in [0.3, 0.4) is 0 Å². The molecule has 1 aromatic rings. The smallest absolute Gasteiger partial charge is 0.219 e. The van der Waals surface area contributed by atoms with Crippen molar-refractivity contribution in [1.82, 2.24) is 15.5 Å². The van der Waals surface area contributed by atoms with Crippen molar-refractivity contribution in [3.05, 3.63) is 11.8 Å². The van der Waals surface area contributed by atoms with Crippen LogP contribution in [0, 0.1) is 0 Å². The molecule has 0 saturated heterocycles. The van der Waals surface area contributed by atoms with Gasteiger partial charge in [0.05, 0.1) is 0 Å². The molecule has 1 atom stereocenters. The van der Waals surface area contributed by atoms with Crippen molar-refractivity contribution in [3.63, 3.8) is 0 Å². The van der Waals surface area contributed by atoms with Crippen LogP contribution in [0.4, 0.5) is 0 Å². The summed E-state index contributed by atoms with van der Waals surface area (Å²) in [4.78, 5) is 0. The van der Waals surface area contributed by atoms with Crippen LogP contribution in [0.5, 0.6) is 0 Å². The maximum atomic E-state index is 5.79. The van der Waals surface area contributed by atoms with Crippen LogP contribution in [0.25, 0.3) is 0 Å². The van der Waals surface area contributed by atoms with Crippen molar-refractivity contribution < 1.29 is 4.42 Å². The third-order valence-corrected chi connectivity index (χ3v) is 3.40. The van der Waals surface area contributed by atoms with E-state index in [1.807, 2.05) is 0 Å². The molecule has 1 aromatic heterocycles. The fourth-order valence-corrected chi connectivity index (χ4v) is 2.15. The van der Waals surface area contributed by atoms with Crippen molar-refractivity contribution in [2.45, 2.75) is 71.6 Å². The molecule has 0 saturated carbocycles. The van der Waals surface area contributed by atoms with Gasteiger partial charge in [-0.25, -0.2) is 0 Å². The molecule has 0 aromatic carbocycles. The first-order valence-corrected chi connectivity index (χ1v) is 7.84. The maximum absolute atomic E-state index is 5.79. The molecular weight excluding hydrogens is 238 g/mol. The molecule has 0 bridgehead atoms. The second-order valence-electron chi connectivity index (χ2n) is 5.13. The summed E-state index contributed by atoms with van der Waals surface area (Å²) in [5, 5.41) is 11.8. The number of unbranched alkanes of at least 4 members (excludes halogenated alkanes) is 1. The van der Waals surface area contributed by atoms with Crippen molar-refractivity contribution in [1.29, 1.82) is 0 Å². The highest BCUT2D eigenvalue weighted by Gasteiger charge is 2.16. The molecule has 0 aliphatic heterocycles. The summed E-state index contributed by atoms with van der Waals surface area (Å²) in [5.41, 5.74) is 0. The molecule has 0 fully saturated rings. The summed E-state index contributed by atoms with van der Waals surface area (Å²) in [6.07, 6.45) is 7.83. The van der Waals surface area contributed by atoms with Crippen LogP contribution in [-0.2, 0) is 6.42 Å². The predicted octanol–water partition coefficient (Wildman–Crippen LogP) is 3.69. The quantitative estimate of drug-likeness (QED) is 0.621. The Hall–Kier alpha value is -0.900. The van der Waals surface area contributed by atoms with Gasteiger partial charge in [0.2, 0.25) is 11.8 Å². The SMILES string of the molecule is CCCCC(CC)c1nnc(CCCNCCC)o1. The third kappa shape index (κ3) is 6.19. The molecule has 19 heavy (non-hydrogen) atoms. The van der Waals surface area contributed by atoms with E-state index >= 15 is 0 Å². The van der Waals surface area contributed by atoms with Crippen LogP contribution >= 0.6 is 0 Å². The highest BCUT2D eigenvalue weighted by molar-refractivity contribution is 4.91. The Morgan fingerprint density at radius 2 is 1.89 bits per heavy atom. The topological polar surface area (TPSA) is 51.0 Å². The average Bonchev–Trinajstić information content (AvgIpc) is 2.88. The largest absolute Gasteiger partial charge is 0.425 e. The van der Waals surface area contributed by atoms with Crippen molar-refractivity contribution in [2.75, 3.05) is 13.1 Å². The molecule has 0 spiro atoms. The maximum Gasteiger partial charge on any atom is 0.219 e. The van der Waals surface area contributed by atoms with E-state index in [1.165, 1.54) is 19.3 Å². The van der Waals surface area contributed by atoms with E-state index in [0.717, 1.165) is 50.6 Å². The van der Waals surface area contributed by atoms with Gasteiger partial charge in [0.15, 0.2) is 0 Å². The first-order chi connectivity index (χ1) is 9.31. The monoisotopic (exact) mass is 267 g/mol. The van der Waals surface area contributed by atoms with Crippen LogP contribution in [0.1, 0.15) is 77.0 Å². The number of aromatic nitrogens is 2. The van der Waals surface area contributed by atoms with Crippen LogP contribution < -0.4 is 5.32 Å². The number of nitrogens with one attached hydrogen (secondary N) is 1. The lowest BCUT2D eigenvalue weighted by Crippen LogP contribution is -2.16. The van der Waals surface area contributed by atoms with E-state index in [2.05, 4.69) is 36.3 Å². The molecule has 1 N–H and O–H groups in total. The number of hydrogen-bond donors (Lipinski definition) is 1. The van der Waals surface area contributed by atoms with Gasteiger partial charge in [-0.15, -0.1) is 10.2 Å². The Kier molecular flexibility index (Phi) is 8.47. The summed E-state index contributed by atoms with van der Waals surface area (Å²) in [6.45, 7) is 8.70. The minimum absolute atomic E-state index is 0.444. The van der Waals surface area contributed by atoms with Crippen LogP contribution in [0.15, 0.2) is 4.42 Å². The second-order valence-corrected chi connectivity index (χ2v) is 5.13. The molecule has 4 heteroatoms. The lowest BCUT2D eigenvalue weighted by Gasteiger charge is -2.08. The summed E-state index contributed by atoms with van der Waals surface area (Å²) in [5.74, 6) is 2.08. The van der Waals surface area contributed by atoms with Gasteiger partial charge in [-0.2, -0.15) is 0 Å². The predicted molar refractivity (Wildman–Crippen MR) is 78.3 cm³/mol. The van der Waals surface area contributed by atoms with Gasteiger partial charge >= 0.3 is 0 Å². The summed E-state index contributed by atoms with van der Waals surface area (Å²) >= 11 is 0. The van der Waals surface area contributed by atoms with Gasteiger partial charge in [0, 0.05) is 12.3 Å². The van der Waals surface area contributed by atoms with E-state index in [0.29, 0.717) is 5.92 Å². The van der Waals surface area contributed by atoms with Gasteiger partial charge in [-0.3, -0.25) is 0 Å². The Labute approximate surface area is 117 Å². The summed E-state index contributed by atoms with van der Waals surface area (Å²) < 4.78 is 5.79. The molecular formula is C15H29N3O. The van der Waals surface area contributed by atoms with E-state index in [1.54, 1.807) is 0 Å². The minimum atomic E-state index is 0.444. The van der Waals surface area contributed by atoms with Gasteiger partial charge in [-0.05, 0) is 38.8 Å². The summed E-state index contributed by atoms with van der Waals surface area (Å²) in [7, 11) is 0. The Morgan fingerprint density at radius 3 is 2.58 bits per heavy atom. The zero-order valence-corrected chi connectivity index (χ0v) is 12.7. The van der Waals surface area contributed by atoms with Crippen LogP contribution in [-0.4, -0.2) is 23.3 Å². The zero-order chi connectivity index (χ0) is 13.9. The first kappa shape index (κ1) is 16.2. The van der Waals surface area contributed by atoms with Crippen molar-refractivity contribution in [2.24, 2.45) is 0 Å². The molecule has 1 rings (SSSR count). The molecule has 0 radical (unpaired) electrons. The molecule has 0 aliphatic carbocycles. The van der Waals surface area contributed by atoms with Gasteiger partial charge in [-0.1, -0.05) is 33.6 Å². The molecule has 4 nitrogen and oxygen atoms in total. The van der Waals surface area contributed by atoms with Gasteiger partial charge in [0.1, 0.15) is 0 Å². The average molecular weight is 267 g/mol. The standard InChI is InChI=1S/C15H29N3O/c1-4-7-9-13(6-3)15-18-17-14(19-15)10-8-12-16-11-5-2/h13,16H,4-12H2,1-3H3. The van der Waals surface area contributed by atoms with E-state index in [9.17, 15) is 0 Å². The van der Waals surface area contributed by atoms with Gasteiger partial charge in [0.25, 0.3) is 0 Å². The number of rotatable bonds is 11. The van der Waals surface area contributed by atoms with Crippen molar-refractivity contribution in [3.8, 4) is 0 Å². The van der Waals surface area contributed by atoms with E-state index in [4.69, 9.17) is 4.42 Å². The summed E-state index contributed by atoms with van der Waals surface area (Å²) in [6, 6.07) is 0. The number of nitrogens with zero attached hydrogens (tertiary/aromatic N) is 2. The van der Waals surface area contributed by atoms with E-state index in [-0.39, 0.29) is 0 Å². The Balaban J connectivity index is 2.33. The van der Waals surface area contributed by atoms with Gasteiger partial charge < -0.3 is 9.73 Å². The third-order valence-electron chi connectivity index (χ3n) is 3.40. The number of hydrogen-bond acceptors (Lipinski definition) is 4. The lowest BCUT2D eigenvalue weighted by molar-refractivity contribution is 0.389. The lowest BCUT2D eigenvalue weighted by atomic mass is 10.00. The first-order valence-electron chi connectivity index (χ1n) is 7.84. The minimum Gasteiger partial charge on any atom is -0.425 e. The Bertz CT molecular complexity index is 325. The Morgan fingerprint density at radius 1 is 1.05 bits per heavy atom. The molecule has 110 valence electrons. The van der Waals surface area contributed by atoms with Crippen molar-refractivity contribution >= 4 is 0 Å². The second kappa shape index (κ2) is 9.96. The highest BCUT2D eigenvalue weighted by Crippen LogP contribution is 2.24. The number of aryl methyl sites for hydroxylation is 1. The molecule has 0 amide bonds. The highest BCUT2D eigenvalue weighted by atomic mass is 16.4.